The maximum atomic E-state index is 12.9. The second-order valence-electron chi connectivity index (χ2n) is 10.4. The van der Waals surface area contributed by atoms with Gasteiger partial charge in [0.1, 0.15) is 17.2 Å². The number of aromatic nitrogens is 2. The molecule has 0 aliphatic heterocycles. The van der Waals surface area contributed by atoms with Gasteiger partial charge in [-0.25, -0.2) is 9.78 Å². The number of nitrogens with zero attached hydrogens (tertiary/aromatic N) is 2. The monoisotopic (exact) mass is 524 g/mol. The number of alkyl carbamates (subject to hydrolysis) is 1. The number of rotatable bonds is 9. The Morgan fingerprint density at radius 1 is 0.846 bits per heavy atom. The molecule has 1 aromatic heterocycles. The molecule has 0 saturated heterocycles. The first-order valence-electron chi connectivity index (χ1n) is 13.2. The van der Waals surface area contributed by atoms with Gasteiger partial charge in [0.25, 0.3) is 0 Å². The van der Waals surface area contributed by atoms with E-state index in [0.29, 0.717) is 12.2 Å². The van der Waals surface area contributed by atoms with Crippen LogP contribution in [0.2, 0.25) is 0 Å². The molecule has 7 nitrogen and oxygen atoms in total. The predicted molar refractivity (Wildman–Crippen MR) is 152 cm³/mol. The van der Waals surface area contributed by atoms with Crippen LogP contribution in [0, 0.1) is 0 Å². The van der Waals surface area contributed by atoms with E-state index in [1.54, 1.807) is 27.1 Å². The van der Waals surface area contributed by atoms with Gasteiger partial charge >= 0.3 is 6.09 Å². The first-order valence-corrected chi connectivity index (χ1v) is 13.2. The molecule has 0 saturated carbocycles. The lowest BCUT2D eigenvalue weighted by Crippen LogP contribution is -2.49. The van der Waals surface area contributed by atoms with Gasteiger partial charge in [-0.3, -0.25) is 4.79 Å². The number of carbonyl (C=O) groups is 2. The van der Waals surface area contributed by atoms with Crippen molar-refractivity contribution in [3.63, 3.8) is 0 Å². The van der Waals surface area contributed by atoms with E-state index in [2.05, 4.69) is 51.6 Å². The molecule has 1 heterocycles. The lowest BCUT2D eigenvalue weighted by atomic mass is 9.77. The van der Waals surface area contributed by atoms with Gasteiger partial charge in [-0.05, 0) is 44.4 Å². The number of carbonyl (C=O) groups excluding carboxylic acids is 2. The molecule has 1 atom stereocenters. The summed E-state index contributed by atoms with van der Waals surface area (Å²) in [4.78, 5) is 30.2. The van der Waals surface area contributed by atoms with E-state index in [0.717, 1.165) is 16.7 Å². The number of ether oxygens (including phenoxy) is 1. The van der Waals surface area contributed by atoms with Gasteiger partial charge < -0.3 is 19.9 Å². The Balaban J connectivity index is 1.79. The largest absolute Gasteiger partial charge is 0.444 e. The van der Waals surface area contributed by atoms with E-state index in [4.69, 9.17) is 9.72 Å². The number of imidazole rings is 1. The predicted octanol–water partition coefficient (Wildman–Crippen LogP) is 5.30. The average Bonchev–Trinajstić information content (AvgIpc) is 3.38. The van der Waals surface area contributed by atoms with E-state index in [1.165, 1.54) is 0 Å². The van der Waals surface area contributed by atoms with Crippen molar-refractivity contribution in [1.82, 2.24) is 20.2 Å². The Kier molecular flexibility index (Phi) is 8.49. The molecule has 0 spiro atoms. The Hall–Kier alpha value is -4.39. The van der Waals surface area contributed by atoms with Crippen molar-refractivity contribution in [2.24, 2.45) is 0 Å². The molecule has 2 amide bonds. The first-order chi connectivity index (χ1) is 18.7. The Morgan fingerprint density at radius 3 is 1.77 bits per heavy atom. The van der Waals surface area contributed by atoms with Gasteiger partial charge in [-0.1, -0.05) is 91.0 Å². The van der Waals surface area contributed by atoms with Crippen LogP contribution in [0.1, 0.15) is 50.1 Å². The molecule has 202 valence electrons. The Bertz CT molecular complexity index is 1270. The minimum Gasteiger partial charge on any atom is -0.444 e. The van der Waals surface area contributed by atoms with Crippen molar-refractivity contribution in [2.45, 2.75) is 51.3 Å². The van der Waals surface area contributed by atoms with Crippen LogP contribution in [0.25, 0.3) is 0 Å². The average molecular weight is 525 g/mol. The van der Waals surface area contributed by atoms with Gasteiger partial charge in [0.15, 0.2) is 0 Å². The molecular weight excluding hydrogens is 488 g/mol. The van der Waals surface area contributed by atoms with Crippen LogP contribution < -0.4 is 10.6 Å². The van der Waals surface area contributed by atoms with Gasteiger partial charge in [0.2, 0.25) is 5.91 Å². The van der Waals surface area contributed by atoms with Gasteiger partial charge in [0, 0.05) is 19.2 Å². The van der Waals surface area contributed by atoms with Crippen LogP contribution in [0.5, 0.6) is 0 Å². The van der Waals surface area contributed by atoms with E-state index < -0.39 is 23.3 Å². The lowest BCUT2D eigenvalue weighted by Gasteiger charge is -2.37. The summed E-state index contributed by atoms with van der Waals surface area (Å²) in [5.41, 5.74) is 2.47. The Morgan fingerprint density at radius 2 is 1.33 bits per heavy atom. The van der Waals surface area contributed by atoms with E-state index >= 15 is 0 Å². The highest BCUT2D eigenvalue weighted by molar-refractivity contribution is 5.85. The molecule has 0 fully saturated rings. The maximum absolute atomic E-state index is 12.9. The van der Waals surface area contributed by atoms with Gasteiger partial charge in [-0.15, -0.1) is 0 Å². The van der Waals surface area contributed by atoms with Crippen molar-refractivity contribution < 1.29 is 14.3 Å². The summed E-state index contributed by atoms with van der Waals surface area (Å²) >= 11 is 0. The number of hydrogen-bond donors (Lipinski definition) is 2. The fraction of sp³-hybridized carbons (Fsp3) is 0.281. The molecule has 0 aliphatic carbocycles. The van der Waals surface area contributed by atoms with Crippen molar-refractivity contribution in [1.29, 1.82) is 0 Å². The topological polar surface area (TPSA) is 85.3 Å². The third kappa shape index (κ3) is 6.37. The summed E-state index contributed by atoms with van der Waals surface area (Å²) in [5, 5.41) is 5.53. The summed E-state index contributed by atoms with van der Waals surface area (Å²) < 4.78 is 7.50. The van der Waals surface area contributed by atoms with Crippen molar-refractivity contribution >= 4 is 12.0 Å². The van der Waals surface area contributed by atoms with E-state index in [1.807, 2.05) is 67.7 Å². The maximum Gasteiger partial charge on any atom is 0.408 e. The SMILES string of the molecule is CCNC(=O)[C@H](Cc1cn(C(c2ccccc2)(c2ccccc2)c2ccccc2)cn1)NC(=O)OC(C)(C)C. The van der Waals surface area contributed by atoms with Crippen molar-refractivity contribution in [3.8, 4) is 0 Å². The van der Waals surface area contributed by atoms with Crippen LogP contribution in [0.4, 0.5) is 4.79 Å². The molecule has 3 aromatic carbocycles. The number of benzene rings is 3. The van der Waals surface area contributed by atoms with Gasteiger partial charge in [-0.2, -0.15) is 0 Å². The second-order valence-corrected chi connectivity index (χ2v) is 10.4. The van der Waals surface area contributed by atoms with E-state index in [9.17, 15) is 9.59 Å². The van der Waals surface area contributed by atoms with Crippen molar-refractivity contribution in [3.05, 3.63) is 126 Å². The van der Waals surface area contributed by atoms with Crippen LogP contribution >= 0.6 is 0 Å². The fourth-order valence-electron chi connectivity index (χ4n) is 4.80. The summed E-state index contributed by atoms with van der Waals surface area (Å²) in [6, 6.07) is 30.0. The fourth-order valence-corrected chi connectivity index (χ4v) is 4.80. The molecule has 4 rings (SSSR count). The molecule has 0 unspecified atom stereocenters. The van der Waals surface area contributed by atoms with E-state index in [-0.39, 0.29) is 12.3 Å². The first kappa shape index (κ1) is 27.6. The molecule has 7 heteroatoms. The molecule has 2 N–H and O–H groups in total. The number of amides is 2. The zero-order valence-electron chi connectivity index (χ0n) is 22.9. The standard InChI is InChI=1S/C32H36N4O3/c1-5-33-29(37)28(35-30(38)39-31(2,3)4)21-27-22-36(23-34-27)32(24-15-9-6-10-16-24,25-17-11-7-12-18-25)26-19-13-8-14-20-26/h6-20,22-23,28H,5,21H2,1-4H3,(H,33,37)(H,35,38)/t28-/m0/s1. The normalized spacial score (nSPS) is 12.4. The second kappa shape index (κ2) is 12.0. The third-order valence-electron chi connectivity index (χ3n) is 6.37. The molecule has 0 aliphatic rings. The molecule has 0 bridgehead atoms. The summed E-state index contributed by atoms with van der Waals surface area (Å²) in [6.07, 6.45) is 3.30. The highest BCUT2D eigenvalue weighted by Gasteiger charge is 2.38. The minimum absolute atomic E-state index is 0.201. The zero-order chi connectivity index (χ0) is 27.9. The number of nitrogens with one attached hydrogen (secondary N) is 2. The quantitative estimate of drug-likeness (QED) is 0.291. The summed E-state index contributed by atoms with van der Waals surface area (Å²) in [7, 11) is 0. The number of likely N-dealkylation sites (N-methyl/N-ethyl adjacent to an activating group) is 1. The zero-order valence-corrected chi connectivity index (χ0v) is 22.9. The Labute approximate surface area is 230 Å². The van der Waals surface area contributed by atoms with Crippen LogP contribution in [-0.4, -0.2) is 39.7 Å². The molecule has 0 radical (unpaired) electrons. The van der Waals surface area contributed by atoms with Gasteiger partial charge in [0.05, 0.1) is 12.0 Å². The minimum atomic E-state index is -0.845. The lowest BCUT2D eigenvalue weighted by molar-refractivity contribution is -0.123. The highest BCUT2D eigenvalue weighted by atomic mass is 16.6. The molecule has 4 aromatic rings. The highest BCUT2D eigenvalue weighted by Crippen LogP contribution is 2.40. The molecule has 39 heavy (non-hydrogen) atoms. The third-order valence-corrected chi connectivity index (χ3v) is 6.37. The molecular formula is C32H36N4O3. The van der Waals surface area contributed by atoms with Crippen molar-refractivity contribution in [2.75, 3.05) is 6.54 Å². The van der Waals surface area contributed by atoms with Crippen LogP contribution in [-0.2, 0) is 21.5 Å². The summed E-state index contributed by atoms with van der Waals surface area (Å²) in [5.74, 6) is -0.293. The smallest absolute Gasteiger partial charge is 0.408 e. The summed E-state index contributed by atoms with van der Waals surface area (Å²) in [6.45, 7) is 7.63. The van der Waals surface area contributed by atoms with Crippen LogP contribution in [0.15, 0.2) is 104 Å². The number of hydrogen-bond acceptors (Lipinski definition) is 4. The van der Waals surface area contributed by atoms with Crippen LogP contribution in [0.3, 0.4) is 0 Å².